The number of hydrogen-bond acceptors (Lipinski definition) is 6. The molecule has 0 radical (unpaired) electrons. The highest BCUT2D eigenvalue weighted by Crippen LogP contribution is 2.65. The number of furan rings is 1. The van der Waals surface area contributed by atoms with Crippen LogP contribution >= 0.6 is 0 Å². The van der Waals surface area contributed by atoms with Gasteiger partial charge in [0.2, 0.25) is 0 Å². The van der Waals surface area contributed by atoms with E-state index in [9.17, 15) is 19.7 Å². The number of hydrogen-bond donors (Lipinski definition) is 0. The van der Waals surface area contributed by atoms with E-state index in [0.29, 0.717) is 28.9 Å². The van der Waals surface area contributed by atoms with Crippen molar-refractivity contribution in [1.82, 2.24) is 5.01 Å². The van der Waals surface area contributed by atoms with Gasteiger partial charge in [-0.2, -0.15) is 10.1 Å². The number of nitro benzene ring substituents is 1. The van der Waals surface area contributed by atoms with Crippen molar-refractivity contribution in [1.29, 1.82) is 0 Å². The molecule has 2 heterocycles. The van der Waals surface area contributed by atoms with Crippen molar-refractivity contribution in [3.05, 3.63) is 63.9 Å². The van der Waals surface area contributed by atoms with Crippen LogP contribution in [0.3, 0.4) is 0 Å². The van der Waals surface area contributed by atoms with Crippen LogP contribution in [0, 0.1) is 52.5 Å². The third-order valence-electron chi connectivity index (χ3n) is 7.18. The van der Waals surface area contributed by atoms with E-state index >= 15 is 0 Å². The third-order valence-corrected chi connectivity index (χ3v) is 7.18. The van der Waals surface area contributed by atoms with Crippen LogP contribution < -0.4 is 0 Å². The van der Waals surface area contributed by atoms with Crippen molar-refractivity contribution in [3.63, 3.8) is 0 Å². The van der Waals surface area contributed by atoms with Crippen molar-refractivity contribution in [2.24, 2.45) is 40.6 Å². The van der Waals surface area contributed by atoms with E-state index < -0.39 is 4.92 Å². The van der Waals surface area contributed by atoms with E-state index in [4.69, 9.17) is 4.42 Å². The molecular weight excluding hydrogens is 398 g/mol. The molecule has 2 aromatic rings. The Morgan fingerprint density at radius 3 is 2.42 bits per heavy atom. The molecule has 2 bridgehead atoms. The van der Waals surface area contributed by atoms with E-state index in [1.165, 1.54) is 12.3 Å². The lowest BCUT2D eigenvalue weighted by atomic mass is 9.63. The first-order valence-electron chi connectivity index (χ1n) is 10.4. The van der Waals surface area contributed by atoms with Crippen LogP contribution in [0.15, 0.2) is 52.0 Å². The van der Waals surface area contributed by atoms with Crippen LogP contribution in [0.4, 0.5) is 5.69 Å². The molecule has 1 aromatic carbocycles. The minimum Gasteiger partial charge on any atom is -0.455 e. The van der Waals surface area contributed by atoms with Gasteiger partial charge < -0.3 is 4.42 Å². The van der Waals surface area contributed by atoms with Gasteiger partial charge in [-0.05, 0) is 60.8 Å². The molecular formula is C23H19N3O5. The molecule has 1 aliphatic heterocycles. The van der Waals surface area contributed by atoms with E-state index in [2.05, 4.69) is 17.3 Å². The molecule has 2 amide bonds. The van der Waals surface area contributed by atoms with Crippen molar-refractivity contribution in [3.8, 4) is 11.3 Å². The number of carbonyl (C=O) groups excluding carboxylic acids is 2. The summed E-state index contributed by atoms with van der Waals surface area (Å²) in [6, 6.07) is 8.13. The van der Waals surface area contributed by atoms with Gasteiger partial charge in [-0.1, -0.05) is 18.2 Å². The molecule has 0 spiro atoms. The van der Waals surface area contributed by atoms with Crippen LogP contribution in [0.1, 0.15) is 17.7 Å². The van der Waals surface area contributed by atoms with Crippen molar-refractivity contribution < 1.29 is 18.9 Å². The zero-order valence-electron chi connectivity index (χ0n) is 16.7. The number of benzene rings is 1. The zero-order chi connectivity index (χ0) is 21.4. The van der Waals surface area contributed by atoms with E-state index in [0.717, 1.165) is 17.0 Å². The Hall–Kier alpha value is -3.55. The molecule has 0 N–H and O–H groups in total. The van der Waals surface area contributed by atoms with Crippen LogP contribution in [-0.2, 0) is 9.59 Å². The Balaban J connectivity index is 1.26. The summed E-state index contributed by atoms with van der Waals surface area (Å²) in [5.74, 6) is 0.922. The fourth-order valence-electron chi connectivity index (χ4n) is 5.74. The third kappa shape index (κ3) is 2.57. The van der Waals surface area contributed by atoms with E-state index in [1.54, 1.807) is 31.2 Å². The summed E-state index contributed by atoms with van der Waals surface area (Å²) in [7, 11) is 0. The fraction of sp³-hybridized carbons (Fsp3) is 0.348. The predicted molar refractivity (Wildman–Crippen MR) is 110 cm³/mol. The molecule has 4 aliphatic carbocycles. The number of nitrogens with zero attached hydrogens (tertiary/aromatic N) is 3. The Kier molecular flexibility index (Phi) is 3.66. The molecule has 1 saturated heterocycles. The van der Waals surface area contributed by atoms with E-state index in [1.807, 2.05) is 0 Å². The number of carbonyl (C=O) groups is 2. The molecule has 156 valence electrons. The normalized spacial score (nSPS) is 32.6. The molecule has 3 fully saturated rings. The molecule has 7 rings (SSSR count). The lowest BCUT2D eigenvalue weighted by molar-refractivity contribution is -0.384. The largest absolute Gasteiger partial charge is 0.455 e. The number of allylic oxidation sites excluding steroid dienone is 2. The van der Waals surface area contributed by atoms with Gasteiger partial charge in [0.1, 0.15) is 11.5 Å². The number of hydrazone groups is 1. The molecule has 6 atom stereocenters. The highest BCUT2D eigenvalue weighted by molar-refractivity contribution is 6.06. The highest BCUT2D eigenvalue weighted by Gasteiger charge is 2.67. The maximum atomic E-state index is 13.0. The maximum Gasteiger partial charge on any atom is 0.280 e. The first-order valence-corrected chi connectivity index (χ1v) is 10.4. The number of nitro groups is 1. The Morgan fingerprint density at radius 2 is 1.77 bits per heavy atom. The standard InChI is InChI=1S/C23H19N3O5/c1-11-2-4-15(18(8-11)26(29)30)19-7-3-12(31-19)10-24-25-22(27)20-13-5-6-14(17-9-16(13)17)21(20)23(25)28/h2-8,10,13-14,16-17,20-21H,9H2,1H3/b24-10-/t13-,14-,16-,17-,20+,21+/m0/s1. The van der Waals surface area contributed by atoms with Gasteiger partial charge >= 0.3 is 0 Å². The Bertz CT molecular complexity index is 1180. The average Bonchev–Trinajstić information content (AvgIpc) is 3.39. The summed E-state index contributed by atoms with van der Waals surface area (Å²) in [6.45, 7) is 1.78. The number of rotatable bonds is 4. The molecule has 1 aromatic heterocycles. The van der Waals surface area contributed by atoms with Gasteiger partial charge in [0.15, 0.2) is 0 Å². The van der Waals surface area contributed by atoms with Gasteiger partial charge in [0.25, 0.3) is 17.5 Å². The van der Waals surface area contributed by atoms with Gasteiger partial charge in [-0.15, -0.1) is 0 Å². The van der Waals surface area contributed by atoms with Gasteiger partial charge in [0.05, 0.1) is 28.5 Å². The summed E-state index contributed by atoms with van der Waals surface area (Å²) in [4.78, 5) is 36.8. The smallest absolute Gasteiger partial charge is 0.280 e. The zero-order valence-corrected chi connectivity index (χ0v) is 16.7. The minimum absolute atomic E-state index is 0.0478. The predicted octanol–water partition coefficient (Wildman–Crippen LogP) is 3.55. The van der Waals surface area contributed by atoms with Gasteiger partial charge in [0, 0.05) is 6.07 Å². The topological polar surface area (TPSA) is 106 Å². The second-order valence-corrected chi connectivity index (χ2v) is 8.87. The molecule has 8 heteroatoms. The summed E-state index contributed by atoms with van der Waals surface area (Å²) in [6.07, 6.45) is 6.67. The summed E-state index contributed by atoms with van der Waals surface area (Å²) in [5, 5.41) is 16.5. The molecule has 2 saturated carbocycles. The van der Waals surface area contributed by atoms with Gasteiger partial charge in [-0.3, -0.25) is 19.7 Å². The lowest BCUT2D eigenvalue weighted by Gasteiger charge is -2.37. The van der Waals surface area contributed by atoms with Gasteiger partial charge in [-0.25, -0.2) is 0 Å². The summed E-state index contributed by atoms with van der Waals surface area (Å²) in [5.41, 5.74) is 1.09. The van der Waals surface area contributed by atoms with Crippen molar-refractivity contribution in [2.45, 2.75) is 13.3 Å². The molecule has 0 unspecified atom stereocenters. The Morgan fingerprint density at radius 1 is 1.10 bits per heavy atom. The SMILES string of the molecule is Cc1ccc(-c2ccc(/C=N\N3C(=O)[C@@H]4[C@H]5C=C[C@@H]([C@@H]6C[C@@H]56)[C@H]4C3=O)o2)c([N+](=O)[O-])c1. The highest BCUT2D eigenvalue weighted by atomic mass is 16.6. The van der Waals surface area contributed by atoms with Crippen molar-refractivity contribution in [2.75, 3.05) is 0 Å². The second-order valence-electron chi connectivity index (χ2n) is 8.87. The Labute approximate surface area is 177 Å². The molecule has 31 heavy (non-hydrogen) atoms. The van der Waals surface area contributed by atoms with Crippen LogP contribution in [-0.4, -0.2) is 28.0 Å². The quantitative estimate of drug-likeness (QED) is 0.249. The summed E-state index contributed by atoms with van der Waals surface area (Å²) >= 11 is 0. The van der Waals surface area contributed by atoms with Crippen LogP contribution in [0.2, 0.25) is 0 Å². The minimum atomic E-state index is -0.450. The molecule has 8 nitrogen and oxygen atoms in total. The van der Waals surface area contributed by atoms with Crippen LogP contribution in [0.25, 0.3) is 11.3 Å². The average molecular weight is 417 g/mol. The fourth-order valence-corrected chi connectivity index (χ4v) is 5.74. The maximum absolute atomic E-state index is 13.0. The van der Waals surface area contributed by atoms with Crippen LogP contribution in [0.5, 0.6) is 0 Å². The molecule has 5 aliphatic rings. The monoisotopic (exact) mass is 417 g/mol. The second kappa shape index (κ2) is 6.23. The van der Waals surface area contributed by atoms with E-state index in [-0.39, 0.29) is 41.2 Å². The number of imide groups is 1. The first kappa shape index (κ1) is 18.2. The number of aryl methyl sites for hydroxylation is 1. The van der Waals surface area contributed by atoms with Crippen molar-refractivity contribution >= 4 is 23.7 Å². The summed E-state index contributed by atoms with van der Waals surface area (Å²) < 4.78 is 5.71. The number of amides is 2. The lowest BCUT2D eigenvalue weighted by Crippen LogP contribution is -2.40. The first-order chi connectivity index (χ1) is 14.9.